The quantitative estimate of drug-likeness (QED) is 0.427. The van der Waals surface area contributed by atoms with E-state index in [1.807, 2.05) is 6.07 Å². The van der Waals surface area contributed by atoms with Crippen LogP contribution in [0.15, 0.2) is 36.4 Å². The zero-order valence-electron chi connectivity index (χ0n) is 18.6. The van der Waals surface area contributed by atoms with Gasteiger partial charge < -0.3 is 11.1 Å². The third-order valence-corrected chi connectivity index (χ3v) is 7.39. The highest BCUT2D eigenvalue weighted by Crippen LogP contribution is 2.38. The topological polar surface area (TPSA) is 111 Å². The summed E-state index contributed by atoms with van der Waals surface area (Å²) in [4.78, 5) is 29.9. The van der Waals surface area contributed by atoms with E-state index in [4.69, 9.17) is 10.7 Å². The first-order valence-corrected chi connectivity index (χ1v) is 11.6. The Morgan fingerprint density at radius 2 is 2.12 bits per heavy atom. The van der Waals surface area contributed by atoms with Gasteiger partial charge in [-0.2, -0.15) is 0 Å². The number of nitro benzene ring substituents is 1. The van der Waals surface area contributed by atoms with Gasteiger partial charge >= 0.3 is 0 Å². The molecule has 0 fully saturated rings. The average Bonchev–Trinajstić information content (AvgIpc) is 3.17. The number of fused-ring (bicyclic) bond motifs is 2. The Bertz CT molecular complexity index is 1180. The summed E-state index contributed by atoms with van der Waals surface area (Å²) >= 11 is 1.37. The summed E-state index contributed by atoms with van der Waals surface area (Å²) in [7, 11) is 0. The molecule has 7 nitrogen and oxygen atoms in total. The van der Waals surface area contributed by atoms with Crippen LogP contribution in [0.2, 0.25) is 0 Å². The summed E-state index contributed by atoms with van der Waals surface area (Å²) in [6.45, 7) is 7.00. The fourth-order valence-electron chi connectivity index (χ4n) is 4.34. The van der Waals surface area contributed by atoms with E-state index in [1.165, 1.54) is 29.0 Å². The lowest BCUT2D eigenvalue weighted by molar-refractivity contribution is -0.384. The fourth-order valence-corrected chi connectivity index (χ4v) is 5.27. The highest BCUT2D eigenvalue weighted by molar-refractivity contribution is 7.20. The van der Waals surface area contributed by atoms with E-state index in [2.05, 4.69) is 32.2 Å². The number of pyridine rings is 1. The molecule has 1 amide bonds. The minimum atomic E-state index is -0.513. The number of non-ortho nitro benzene ring substituents is 1. The molecule has 3 N–H and O–H groups in total. The molecular weight excluding hydrogens is 424 g/mol. The van der Waals surface area contributed by atoms with E-state index in [-0.39, 0.29) is 23.6 Å². The third kappa shape index (κ3) is 4.52. The first kappa shape index (κ1) is 22.4. The number of nitrogens with two attached hydrogens (primary N) is 1. The predicted octanol–water partition coefficient (Wildman–Crippen LogP) is 4.79. The number of thiophene rings is 1. The number of aromatic nitrogens is 1. The first-order valence-electron chi connectivity index (χ1n) is 10.8. The van der Waals surface area contributed by atoms with Crippen molar-refractivity contribution >= 4 is 33.1 Å². The normalized spacial score (nSPS) is 17.1. The summed E-state index contributed by atoms with van der Waals surface area (Å²) < 4.78 is 0. The van der Waals surface area contributed by atoms with E-state index in [0.29, 0.717) is 16.4 Å². The van der Waals surface area contributed by atoms with Crippen LogP contribution < -0.4 is 11.1 Å². The molecule has 2 unspecified atom stereocenters. The second-order valence-corrected chi connectivity index (χ2v) is 10.5. The maximum Gasteiger partial charge on any atom is 0.269 e. The summed E-state index contributed by atoms with van der Waals surface area (Å²) in [6.07, 6.45) is 3.12. The van der Waals surface area contributed by atoms with Gasteiger partial charge in [-0.3, -0.25) is 14.9 Å². The smallest absolute Gasteiger partial charge is 0.269 e. The van der Waals surface area contributed by atoms with E-state index < -0.39 is 11.0 Å². The number of nitro groups is 1. The number of rotatable bonds is 5. The number of nitrogens with zero attached hydrogens (tertiary/aromatic N) is 2. The zero-order chi connectivity index (χ0) is 23.0. The molecule has 0 bridgehead atoms. The van der Waals surface area contributed by atoms with Crippen LogP contribution >= 0.6 is 11.3 Å². The number of carbonyl (C=O) groups excluding carboxylic acids is 1. The van der Waals surface area contributed by atoms with Crippen LogP contribution in [0.3, 0.4) is 0 Å². The lowest BCUT2D eigenvalue weighted by Crippen LogP contribution is -2.33. The number of nitrogens with one attached hydrogen (secondary N) is 1. The molecule has 1 aromatic carbocycles. The van der Waals surface area contributed by atoms with Gasteiger partial charge in [0.05, 0.1) is 15.8 Å². The van der Waals surface area contributed by atoms with E-state index >= 15 is 0 Å². The molecule has 2 heterocycles. The second-order valence-electron chi connectivity index (χ2n) is 9.52. The standard InChI is InChI=1S/C24H28N4O3S/c1-24(2,3)17-7-8-19-15(10-17)9-16-12-21(32-23(16)27-19)22(29)26-20(13-25)14-5-4-6-18(11-14)28(30)31/h4-6,9,11-12,17,20H,7-8,10,13,25H2,1-3H3,(H,26,29). The summed E-state index contributed by atoms with van der Waals surface area (Å²) in [5, 5.41) is 15.0. The Labute approximate surface area is 191 Å². The molecule has 1 aliphatic rings. The molecule has 4 rings (SSSR count). The Morgan fingerprint density at radius 1 is 1.34 bits per heavy atom. The van der Waals surface area contributed by atoms with Gasteiger partial charge in [0.15, 0.2) is 0 Å². The molecule has 0 saturated carbocycles. The molecule has 0 spiro atoms. The number of hydrogen-bond acceptors (Lipinski definition) is 6. The number of carbonyl (C=O) groups is 1. The summed E-state index contributed by atoms with van der Waals surface area (Å²) in [6, 6.07) is 9.75. The molecule has 1 aliphatic carbocycles. The summed E-state index contributed by atoms with van der Waals surface area (Å²) in [5.74, 6) is 0.372. The maximum atomic E-state index is 13.0. The molecule has 2 aromatic heterocycles. The van der Waals surface area contributed by atoms with Gasteiger partial charge in [-0.15, -0.1) is 11.3 Å². The third-order valence-electron chi connectivity index (χ3n) is 6.35. The molecule has 2 atom stereocenters. The molecule has 168 valence electrons. The molecule has 0 radical (unpaired) electrons. The predicted molar refractivity (Wildman–Crippen MR) is 127 cm³/mol. The minimum absolute atomic E-state index is 0.0274. The minimum Gasteiger partial charge on any atom is -0.343 e. The molecule has 8 heteroatoms. The van der Waals surface area contributed by atoms with Crippen molar-refractivity contribution in [3.05, 3.63) is 68.2 Å². The van der Waals surface area contributed by atoms with Crippen molar-refractivity contribution < 1.29 is 9.72 Å². The van der Waals surface area contributed by atoms with Crippen LogP contribution in [0.5, 0.6) is 0 Å². The molecule has 0 aliphatic heterocycles. The van der Waals surface area contributed by atoms with E-state index in [1.54, 1.807) is 12.1 Å². The van der Waals surface area contributed by atoms with Crippen LogP contribution in [-0.2, 0) is 12.8 Å². The van der Waals surface area contributed by atoms with E-state index in [9.17, 15) is 14.9 Å². The Hall–Kier alpha value is -2.84. The van der Waals surface area contributed by atoms with Gasteiger partial charge in [0.1, 0.15) is 4.83 Å². The van der Waals surface area contributed by atoms with Gasteiger partial charge in [0.25, 0.3) is 11.6 Å². The number of aryl methyl sites for hydroxylation is 1. The van der Waals surface area contributed by atoms with Gasteiger partial charge in [-0.25, -0.2) is 4.98 Å². The number of hydrogen-bond donors (Lipinski definition) is 2. The summed E-state index contributed by atoms with van der Waals surface area (Å²) in [5.41, 5.74) is 9.14. The molecule has 32 heavy (non-hydrogen) atoms. The maximum absolute atomic E-state index is 13.0. The van der Waals surface area contributed by atoms with Gasteiger partial charge in [-0.1, -0.05) is 32.9 Å². The van der Waals surface area contributed by atoms with Crippen LogP contribution in [0.4, 0.5) is 5.69 Å². The second kappa shape index (κ2) is 8.60. The van der Waals surface area contributed by atoms with E-state index in [0.717, 1.165) is 35.2 Å². The number of amides is 1. The average molecular weight is 453 g/mol. The van der Waals surface area contributed by atoms with Crippen molar-refractivity contribution in [3.63, 3.8) is 0 Å². The van der Waals surface area contributed by atoms with Gasteiger partial charge in [0, 0.05) is 29.8 Å². The Balaban J connectivity index is 1.56. The lowest BCUT2D eigenvalue weighted by atomic mass is 9.71. The highest BCUT2D eigenvalue weighted by Gasteiger charge is 2.30. The largest absolute Gasteiger partial charge is 0.343 e. The molecule has 3 aromatic rings. The van der Waals surface area contributed by atoms with Crippen LogP contribution in [-0.4, -0.2) is 22.4 Å². The number of benzene rings is 1. The van der Waals surface area contributed by atoms with Crippen LogP contribution in [0.1, 0.15) is 59.7 Å². The fraction of sp³-hybridized carbons (Fsp3) is 0.417. The monoisotopic (exact) mass is 452 g/mol. The SMILES string of the molecule is CC(C)(C)C1CCc2nc3sc(C(=O)NC(CN)c4cccc([N+](=O)[O-])c4)cc3cc2C1. The molecular formula is C24H28N4O3S. The van der Waals surface area contributed by atoms with Crippen molar-refractivity contribution in [1.82, 2.24) is 10.3 Å². The van der Waals surface area contributed by atoms with Crippen LogP contribution in [0, 0.1) is 21.4 Å². The van der Waals surface area contributed by atoms with Crippen molar-refractivity contribution in [2.24, 2.45) is 17.1 Å². The van der Waals surface area contributed by atoms with Gasteiger partial charge in [-0.05, 0) is 53.9 Å². The zero-order valence-corrected chi connectivity index (χ0v) is 19.4. The van der Waals surface area contributed by atoms with Crippen molar-refractivity contribution in [2.45, 2.75) is 46.1 Å². The first-order chi connectivity index (χ1) is 15.2. The molecule has 0 saturated heterocycles. The van der Waals surface area contributed by atoms with Gasteiger partial charge in [0.2, 0.25) is 0 Å². The van der Waals surface area contributed by atoms with Crippen molar-refractivity contribution in [1.29, 1.82) is 0 Å². The highest BCUT2D eigenvalue weighted by atomic mass is 32.1. The lowest BCUT2D eigenvalue weighted by Gasteiger charge is -2.34. The van der Waals surface area contributed by atoms with Crippen molar-refractivity contribution in [3.8, 4) is 0 Å². The van der Waals surface area contributed by atoms with Crippen LogP contribution in [0.25, 0.3) is 10.2 Å². The Morgan fingerprint density at radius 3 is 2.81 bits per heavy atom. The van der Waals surface area contributed by atoms with Crippen molar-refractivity contribution in [2.75, 3.05) is 6.54 Å². The Kier molecular flexibility index (Phi) is 6.01.